The molecule has 15 heavy (non-hydrogen) atoms. The first-order valence-corrected chi connectivity index (χ1v) is 7.08. The molecule has 0 bridgehead atoms. The Hall–Kier alpha value is -0.0400. The van der Waals surface area contributed by atoms with E-state index >= 15 is 0 Å². The molecule has 3 rings (SSSR count). The Labute approximate surface area is 95.7 Å². The summed E-state index contributed by atoms with van der Waals surface area (Å²) < 4.78 is 8.81. The molecule has 0 spiro atoms. The van der Waals surface area contributed by atoms with Crippen LogP contribution >= 0.6 is 0 Å². The first kappa shape index (κ1) is 9.04. The van der Waals surface area contributed by atoms with Crippen LogP contribution in [0.2, 0.25) is 1.41 Å². The average Bonchev–Trinajstić information content (AvgIpc) is 2.29. The number of fused-ring (bicyclic) bond motifs is 2. The van der Waals surface area contributed by atoms with Crippen LogP contribution in [0.25, 0.3) is 0 Å². The molecule has 1 saturated heterocycles. The topological polar surface area (TPSA) is 4.44 Å². The smallest absolute Gasteiger partial charge is 0.332 e. The molecule has 1 heteroatoms. The van der Waals surface area contributed by atoms with Crippen LogP contribution in [0.1, 0.15) is 57.8 Å². The lowest BCUT2D eigenvalue weighted by Gasteiger charge is -2.49. The Balaban J connectivity index is 1.85. The van der Waals surface area contributed by atoms with Gasteiger partial charge in [0.05, 0.1) is 19.1 Å². The van der Waals surface area contributed by atoms with E-state index in [0.717, 1.165) is 11.8 Å². The molecule has 1 N–H and O–H groups in total. The summed E-state index contributed by atoms with van der Waals surface area (Å²) in [5.41, 5.74) is 0. The summed E-state index contributed by atoms with van der Waals surface area (Å²) in [6.07, 6.45) is 12.6. The van der Waals surface area contributed by atoms with E-state index in [1.807, 2.05) is 0 Å². The van der Waals surface area contributed by atoms with Crippen LogP contribution in [0, 0.1) is 11.8 Å². The Morgan fingerprint density at radius 2 is 1.33 bits per heavy atom. The van der Waals surface area contributed by atoms with Crippen molar-refractivity contribution in [2.24, 2.45) is 11.8 Å². The maximum absolute atomic E-state index is 8.81. The van der Waals surface area contributed by atoms with Crippen LogP contribution in [0.3, 0.4) is 0 Å². The van der Waals surface area contributed by atoms with Crippen molar-refractivity contribution in [2.45, 2.75) is 69.9 Å². The van der Waals surface area contributed by atoms with Crippen LogP contribution in [-0.2, 0) is 0 Å². The SMILES string of the molecule is [2H][N+]1(C)[C@@H]2CCCC[C@@H]2C[C@H]2CCCC[C@@H]21. The Morgan fingerprint density at radius 3 is 1.87 bits per heavy atom. The summed E-state index contributed by atoms with van der Waals surface area (Å²) in [5.74, 6) is 1.77. The molecule has 0 amide bonds. The normalized spacial score (nSPS) is 56.5. The van der Waals surface area contributed by atoms with E-state index in [9.17, 15) is 0 Å². The highest BCUT2D eigenvalue weighted by Gasteiger charge is 2.45. The minimum absolute atomic E-state index is 0.620. The van der Waals surface area contributed by atoms with Gasteiger partial charge in [0.25, 0.3) is 0 Å². The quantitative estimate of drug-likeness (QED) is 0.622. The zero-order valence-corrected chi connectivity index (χ0v) is 10.1. The molecule has 1 aliphatic heterocycles. The van der Waals surface area contributed by atoms with E-state index in [0.29, 0.717) is 17.0 Å². The highest BCUT2D eigenvalue weighted by molar-refractivity contribution is 4.87. The highest BCUT2D eigenvalue weighted by Crippen LogP contribution is 2.37. The first-order chi connectivity index (χ1) is 7.69. The summed E-state index contributed by atoms with van der Waals surface area (Å²) in [5, 5.41) is 0. The van der Waals surface area contributed by atoms with E-state index < -0.39 is 0 Å². The molecule has 3 fully saturated rings. The number of rotatable bonds is 0. The molecule has 5 atom stereocenters. The van der Waals surface area contributed by atoms with Crippen LogP contribution in [-0.4, -0.2) is 19.1 Å². The Bertz CT molecular complexity index is 239. The third-order valence-electron chi connectivity index (χ3n) is 5.39. The van der Waals surface area contributed by atoms with E-state index in [1.165, 1.54) is 57.8 Å². The molecule has 0 radical (unpaired) electrons. The summed E-state index contributed by atoms with van der Waals surface area (Å²) in [4.78, 5) is 0.620. The monoisotopic (exact) mass is 209 g/mol. The molecule has 2 saturated carbocycles. The van der Waals surface area contributed by atoms with Gasteiger partial charge in [-0.15, -0.1) is 0 Å². The van der Waals surface area contributed by atoms with Gasteiger partial charge in [-0.1, -0.05) is 12.8 Å². The lowest BCUT2D eigenvalue weighted by Crippen LogP contribution is -3.19. The van der Waals surface area contributed by atoms with Gasteiger partial charge >= 0.3 is 1.41 Å². The highest BCUT2D eigenvalue weighted by atomic mass is 15.2. The molecule has 3 aliphatic rings. The predicted molar refractivity (Wildman–Crippen MR) is 63.0 cm³/mol. The van der Waals surface area contributed by atoms with Gasteiger partial charge in [-0.25, -0.2) is 0 Å². The molecule has 1 heterocycles. The molecule has 1 nitrogen and oxygen atoms in total. The van der Waals surface area contributed by atoms with Gasteiger partial charge in [0.2, 0.25) is 0 Å². The number of likely N-dealkylation sites (tertiary alicyclic amines) is 1. The molecule has 0 aromatic heterocycles. The Morgan fingerprint density at radius 1 is 0.867 bits per heavy atom. The van der Waals surface area contributed by atoms with Crippen molar-refractivity contribution in [3.05, 3.63) is 0 Å². The van der Waals surface area contributed by atoms with Crippen LogP contribution in [0.4, 0.5) is 0 Å². The largest absolute Gasteiger partial charge is 0.348 e. The number of piperidine rings is 1. The second-order valence-corrected chi connectivity index (χ2v) is 6.12. The number of hydrogen-bond donors (Lipinski definition) is 1. The molecule has 0 aromatic rings. The van der Waals surface area contributed by atoms with Crippen LogP contribution < -0.4 is 4.89 Å². The fourth-order valence-corrected chi connectivity index (χ4v) is 4.63. The molecule has 1 unspecified atom stereocenters. The van der Waals surface area contributed by atoms with Gasteiger partial charge in [0, 0.05) is 11.8 Å². The van der Waals surface area contributed by atoms with Crippen molar-refractivity contribution in [3.8, 4) is 0 Å². The standard InChI is InChI=1S/C14H25N/c1-15-13-8-4-2-6-11(13)10-12-7-3-5-9-14(12)15/h11-14H,2-10H2,1H3/p+1/t11-,12-,13-,14+/m1/s1/i/hD. The number of quaternary nitrogens is 1. The summed E-state index contributed by atoms with van der Waals surface area (Å²) in [6.45, 7) is 0. The predicted octanol–water partition coefficient (Wildman–Crippen LogP) is 2.02. The number of nitrogens with one attached hydrogen (secondary N) is 1. The summed E-state index contributed by atoms with van der Waals surface area (Å²) in [7, 11) is 2.21. The second-order valence-electron chi connectivity index (χ2n) is 6.12. The molecular formula is C14H26N+. The molecule has 86 valence electrons. The van der Waals surface area contributed by atoms with Crippen LogP contribution in [0.5, 0.6) is 0 Å². The van der Waals surface area contributed by atoms with Crippen molar-refractivity contribution >= 4 is 0 Å². The third kappa shape index (κ3) is 1.73. The van der Waals surface area contributed by atoms with Gasteiger partial charge in [0.15, 0.2) is 0 Å². The zero-order valence-electron chi connectivity index (χ0n) is 11.1. The fourth-order valence-electron chi connectivity index (χ4n) is 4.63. The maximum Gasteiger partial charge on any atom is 0.348 e. The van der Waals surface area contributed by atoms with Gasteiger partial charge < -0.3 is 4.89 Å². The van der Waals surface area contributed by atoms with E-state index in [-0.39, 0.29) is 0 Å². The van der Waals surface area contributed by atoms with Gasteiger partial charge in [-0.2, -0.15) is 0 Å². The average molecular weight is 209 g/mol. The van der Waals surface area contributed by atoms with Crippen LogP contribution in [0.15, 0.2) is 0 Å². The van der Waals surface area contributed by atoms with E-state index in [4.69, 9.17) is 1.41 Å². The van der Waals surface area contributed by atoms with E-state index in [2.05, 4.69) is 7.05 Å². The third-order valence-corrected chi connectivity index (χ3v) is 5.39. The van der Waals surface area contributed by atoms with Gasteiger partial charge in [-0.05, 0) is 44.9 Å². The second kappa shape index (κ2) is 4.08. The summed E-state index contributed by atoms with van der Waals surface area (Å²) >= 11 is 0. The van der Waals surface area contributed by atoms with Crippen molar-refractivity contribution in [3.63, 3.8) is 0 Å². The zero-order chi connectivity index (χ0) is 11.2. The van der Waals surface area contributed by atoms with Gasteiger partial charge in [0.1, 0.15) is 0 Å². The van der Waals surface area contributed by atoms with Crippen molar-refractivity contribution in [1.29, 1.82) is 0 Å². The minimum Gasteiger partial charge on any atom is -0.332 e. The van der Waals surface area contributed by atoms with Crippen molar-refractivity contribution < 1.29 is 6.30 Å². The number of hydrogen-bond acceptors (Lipinski definition) is 0. The van der Waals surface area contributed by atoms with Gasteiger partial charge in [-0.3, -0.25) is 0 Å². The lowest BCUT2D eigenvalue weighted by atomic mass is 9.68. The Kier molecular flexibility index (Phi) is 2.46. The fraction of sp³-hybridized carbons (Fsp3) is 1.00. The van der Waals surface area contributed by atoms with E-state index in [1.54, 1.807) is 0 Å². The minimum atomic E-state index is 0.620. The summed E-state index contributed by atoms with van der Waals surface area (Å²) in [6, 6.07) is 1.35. The van der Waals surface area contributed by atoms with Crippen molar-refractivity contribution in [1.82, 2.24) is 0 Å². The maximum atomic E-state index is 8.81. The van der Waals surface area contributed by atoms with Crippen molar-refractivity contribution in [2.75, 3.05) is 7.05 Å². The molecule has 2 aliphatic carbocycles. The first-order valence-electron chi connectivity index (χ1n) is 7.53. The molecule has 0 aromatic carbocycles. The lowest BCUT2D eigenvalue weighted by molar-refractivity contribution is -0.947. The molecular weight excluding hydrogens is 182 g/mol.